The first-order chi connectivity index (χ1) is 14.3. The summed E-state index contributed by atoms with van der Waals surface area (Å²) in [5.41, 5.74) is 8.72. The Labute approximate surface area is 168 Å². The minimum atomic E-state index is 0.406. The van der Waals surface area contributed by atoms with E-state index in [9.17, 15) is 0 Å². The van der Waals surface area contributed by atoms with E-state index in [0.717, 1.165) is 53.3 Å². The van der Waals surface area contributed by atoms with Crippen LogP contribution >= 0.6 is 0 Å². The van der Waals surface area contributed by atoms with Crippen molar-refractivity contribution < 1.29 is 4.74 Å². The Morgan fingerprint density at radius 2 is 1.83 bits per heavy atom. The lowest BCUT2D eigenvalue weighted by Crippen LogP contribution is -2.27. The molecule has 5 rings (SSSR count). The van der Waals surface area contributed by atoms with Gasteiger partial charge >= 0.3 is 0 Å². The highest BCUT2D eigenvalue weighted by atomic mass is 16.5. The van der Waals surface area contributed by atoms with E-state index in [1.54, 1.807) is 0 Å². The predicted molar refractivity (Wildman–Crippen MR) is 113 cm³/mol. The number of nitrogens with one attached hydrogen (secondary N) is 1. The van der Waals surface area contributed by atoms with Gasteiger partial charge < -0.3 is 15.8 Å². The van der Waals surface area contributed by atoms with Crippen molar-refractivity contribution in [2.24, 2.45) is 0 Å². The van der Waals surface area contributed by atoms with Crippen LogP contribution in [0.2, 0.25) is 0 Å². The summed E-state index contributed by atoms with van der Waals surface area (Å²) >= 11 is 0. The van der Waals surface area contributed by atoms with Crippen molar-refractivity contribution in [3.63, 3.8) is 0 Å². The Kier molecular flexibility index (Phi) is 4.57. The van der Waals surface area contributed by atoms with E-state index in [0.29, 0.717) is 11.9 Å². The lowest BCUT2D eigenvalue weighted by Gasteiger charge is -2.10. The van der Waals surface area contributed by atoms with Crippen molar-refractivity contribution in [2.45, 2.75) is 25.4 Å². The number of hydrogen-bond donors (Lipinski definition) is 2. The van der Waals surface area contributed by atoms with Gasteiger partial charge in [-0.05, 0) is 55.8 Å². The molecule has 3 N–H and O–H groups in total. The molecule has 0 amide bonds. The topological polar surface area (TPSA) is 90.9 Å². The molecule has 1 saturated heterocycles. The van der Waals surface area contributed by atoms with E-state index in [1.165, 1.54) is 12.7 Å². The molecule has 0 unspecified atom stereocenters. The van der Waals surface area contributed by atoms with Crippen molar-refractivity contribution in [1.29, 1.82) is 0 Å². The number of ether oxygens (including phenoxy) is 1. The second kappa shape index (κ2) is 7.52. The number of nitrogen functional groups attached to an aromatic ring is 1. The second-order valence-electron chi connectivity index (χ2n) is 7.22. The normalized spacial score (nSPS) is 16.3. The molecule has 0 aliphatic carbocycles. The van der Waals surface area contributed by atoms with Gasteiger partial charge in [0.05, 0.1) is 11.9 Å². The minimum absolute atomic E-state index is 0.406. The Morgan fingerprint density at radius 3 is 2.59 bits per heavy atom. The molecule has 1 aliphatic heterocycles. The zero-order valence-electron chi connectivity index (χ0n) is 16.0. The molecule has 29 heavy (non-hydrogen) atoms. The Balaban J connectivity index is 1.49. The fraction of sp³-hybridized carbons (Fsp3) is 0.227. The van der Waals surface area contributed by atoms with E-state index < -0.39 is 0 Å². The molecular weight excluding hydrogens is 364 g/mol. The van der Waals surface area contributed by atoms with E-state index >= 15 is 0 Å². The highest BCUT2D eigenvalue weighted by Crippen LogP contribution is 2.32. The zero-order chi connectivity index (χ0) is 19.6. The summed E-state index contributed by atoms with van der Waals surface area (Å²) in [6.07, 6.45) is 3.83. The monoisotopic (exact) mass is 386 g/mol. The number of fused-ring (bicyclic) bond motifs is 1. The molecule has 4 aromatic rings. The standard InChI is InChI=1S/C22H22N6O/c23-21-19-20(15-8-10-18(11-9-15)29-17-6-2-1-3-7-17)27-28(22(19)26-14-25-21)13-16-5-4-12-24-16/h1-3,6-11,14,16,24H,4-5,12-13H2,(H2,23,25,26)/t16-/m1/s1. The highest BCUT2D eigenvalue weighted by molar-refractivity contribution is 5.98. The molecule has 7 heteroatoms. The maximum Gasteiger partial charge on any atom is 0.164 e. The first-order valence-corrected chi connectivity index (χ1v) is 9.81. The average Bonchev–Trinajstić information content (AvgIpc) is 3.39. The summed E-state index contributed by atoms with van der Waals surface area (Å²) < 4.78 is 7.84. The number of rotatable bonds is 5. The molecule has 146 valence electrons. The van der Waals surface area contributed by atoms with E-state index in [2.05, 4.69) is 15.3 Å². The van der Waals surface area contributed by atoms with Gasteiger partial charge in [-0.15, -0.1) is 0 Å². The van der Waals surface area contributed by atoms with Crippen LogP contribution in [0.15, 0.2) is 60.9 Å². The van der Waals surface area contributed by atoms with Crippen LogP contribution < -0.4 is 15.8 Å². The minimum Gasteiger partial charge on any atom is -0.457 e. The van der Waals surface area contributed by atoms with Gasteiger partial charge in [-0.3, -0.25) is 0 Å². The molecule has 0 radical (unpaired) electrons. The van der Waals surface area contributed by atoms with Crippen molar-refractivity contribution in [3.8, 4) is 22.8 Å². The van der Waals surface area contributed by atoms with Gasteiger partial charge in [0, 0.05) is 11.6 Å². The van der Waals surface area contributed by atoms with Gasteiger partial charge in [-0.2, -0.15) is 5.10 Å². The predicted octanol–water partition coefficient (Wildman–Crippen LogP) is 3.62. The maximum absolute atomic E-state index is 6.20. The fourth-order valence-electron chi connectivity index (χ4n) is 3.79. The fourth-order valence-corrected chi connectivity index (χ4v) is 3.79. The average molecular weight is 386 g/mol. The number of benzene rings is 2. The SMILES string of the molecule is Nc1ncnc2c1c(-c1ccc(Oc3ccccc3)cc1)nn2C[C@H]1CCCN1. The van der Waals surface area contributed by atoms with Crippen LogP contribution in [0, 0.1) is 0 Å². The number of aromatic nitrogens is 4. The summed E-state index contributed by atoms with van der Waals surface area (Å²) in [6.45, 7) is 1.82. The summed E-state index contributed by atoms with van der Waals surface area (Å²) in [5, 5.41) is 9.16. The molecule has 0 saturated carbocycles. The molecule has 7 nitrogen and oxygen atoms in total. The van der Waals surface area contributed by atoms with Gasteiger partial charge in [0.2, 0.25) is 0 Å². The zero-order valence-corrected chi connectivity index (χ0v) is 16.0. The highest BCUT2D eigenvalue weighted by Gasteiger charge is 2.21. The number of nitrogens with zero attached hydrogens (tertiary/aromatic N) is 4. The first kappa shape index (κ1) is 17.6. The number of para-hydroxylation sites is 1. The van der Waals surface area contributed by atoms with Crippen LogP contribution in [-0.2, 0) is 6.54 Å². The van der Waals surface area contributed by atoms with Crippen LogP contribution in [-0.4, -0.2) is 32.3 Å². The van der Waals surface area contributed by atoms with Gasteiger partial charge in [0.1, 0.15) is 29.3 Å². The van der Waals surface area contributed by atoms with E-state index in [1.807, 2.05) is 59.3 Å². The Hall–Kier alpha value is -3.45. The van der Waals surface area contributed by atoms with Gasteiger partial charge in [-0.1, -0.05) is 18.2 Å². The quantitative estimate of drug-likeness (QED) is 0.544. The van der Waals surface area contributed by atoms with Gasteiger partial charge in [-0.25, -0.2) is 14.6 Å². The lowest BCUT2D eigenvalue weighted by atomic mass is 10.1. The molecule has 3 heterocycles. The summed E-state index contributed by atoms with van der Waals surface area (Å²) in [4.78, 5) is 8.65. The molecule has 0 bridgehead atoms. The van der Waals surface area contributed by atoms with E-state index in [4.69, 9.17) is 15.6 Å². The summed E-state index contributed by atoms with van der Waals surface area (Å²) in [7, 11) is 0. The van der Waals surface area contributed by atoms with Crippen LogP contribution in [0.5, 0.6) is 11.5 Å². The third-order valence-electron chi connectivity index (χ3n) is 5.22. The van der Waals surface area contributed by atoms with E-state index in [-0.39, 0.29) is 0 Å². The van der Waals surface area contributed by atoms with Crippen molar-refractivity contribution in [2.75, 3.05) is 12.3 Å². The second-order valence-corrected chi connectivity index (χ2v) is 7.22. The molecule has 2 aromatic heterocycles. The van der Waals surface area contributed by atoms with Crippen LogP contribution in [0.1, 0.15) is 12.8 Å². The molecule has 1 aliphatic rings. The largest absolute Gasteiger partial charge is 0.457 e. The Morgan fingerprint density at radius 1 is 1.03 bits per heavy atom. The van der Waals surface area contributed by atoms with Crippen molar-refractivity contribution >= 4 is 16.9 Å². The van der Waals surface area contributed by atoms with Crippen LogP contribution in [0.25, 0.3) is 22.3 Å². The number of hydrogen-bond acceptors (Lipinski definition) is 6. The maximum atomic E-state index is 6.20. The smallest absolute Gasteiger partial charge is 0.164 e. The molecular formula is C22H22N6O. The number of nitrogens with two attached hydrogens (primary N) is 1. The number of anilines is 1. The van der Waals surface area contributed by atoms with Gasteiger partial charge in [0.25, 0.3) is 0 Å². The molecule has 2 aromatic carbocycles. The summed E-state index contributed by atoms with van der Waals surface area (Å²) in [5.74, 6) is 2.01. The third-order valence-corrected chi connectivity index (χ3v) is 5.22. The molecule has 1 fully saturated rings. The van der Waals surface area contributed by atoms with Gasteiger partial charge in [0.15, 0.2) is 5.65 Å². The molecule has 1 atom stereocenters. The summed E-state index contributed by atoms with van der Waals surface area (Å²) in [6, 6.07) is 18.0. The Bertz CT molecular complexity index is 1120. The van der Waals surface area contributed by atoms with Crippen LogP contribution in [0.4, 0.5) is 5.82 Å². The van der Waals surface area contributed by atoms with Crippen molar-refractivity contribution in [3.05, 3.63) is 60.9 Å². The van der Waals surface area contributed by atoms with Crippen molar-refractivity contribution in [1.82, 2.24) is 25.1 Å². The first-order valence-electron chi connectivity index (χ1n) is 9.81. The van der Waals surface area contributed by atoms with Crippen LogP contribution in [0.3, 0.4) is 0 Å². The third kappa shape index (κ3) is 3.52. The lowest BCUT2D eigenvalue weighted by molar-refractivity contribution is 0.482. The molecule has 0 spiro atoms.